The Bertz CT molecular complexity index is 616. The van der Waals surface area contributed by atoms with E-state index in [1.165, 1.54) is 0 Å². The zero-order valence-electron chi connectivity index (χ0n) is 14.3. The summed E-state index contributed by atoms with van der Waals surface area (Å²) in [7, 11) is 0. The van der Waals surface area contributed by atoms with Gasteiger partial charge in [-0.2, -0.15) is 5.26 Å². The maximum atomic E-state index is 12.2. The molecule has 6 nitrogen and oxygen atoms in total. The van der Waals surface area contributed by atoms with E-state index in [1.54, 1.807) is 11.0 Å². The molecular weight excluding hydrogens is 292 g/mol. The molecule has 1 aromatic rings. The largest absolute Gasteiger partial charge is 0.444 e. The number of aromatic nitrogens is 1. The first-order valence-corrected chi connectivity index (χ1v) is 7.91. The van der Waals surface area contributed by atoms with Crippen molar-refractivity contribution in [2.75, 3.05) is 31.1 Å². The third-order valence-corrected chi connectivity index (χ3v) is 3.58. The van der Waals surface area contributed by atoms with Crippen LogP contribution < -0.4 is 4.90 Å². The van der Waals surface area contributed by atoms with Crippen LogP contribution in [-0.2, 0) is 4.74 Å². The van der Waals surface area contributed by atoms with Crippen molar-refractivity contribution in [2.24, 2.45) is 0 Å². The van der Waals surface area contributed by atoms with Crippen LogP contribution in [0.5, 0.6) is 0 Å². The van der Waals surface area contributed by atoms with Gasteiger partial charge in [-0.05, 0) is 46.2 Å². The van der Waals surface area contributed by atoms with Crippen molar-refractivity contribution in [3.8, 4) is 6.07 Å². The summed E-state index contributed by atoms with van der Waals surface area (Å²) in [5.74, 6) is 0.707. The minimum absolute atomic E-state index is 0.281. The third kappa shape index (κ3) is 4.59. The summed E-state index contributed by atoms with van der Waals surface area (Å²) in [5, 5.41) is 9.28. The molecule has 6 heteroatoms. The Kier molecular flexibility index (Phi) is 5.09. The molecule has 0 unspecified atom stereocenters. The molecule has 1 saturated heterocycles. The fraction of sp³-hybridized carbons (Fsp3) is 0.588. The maximum absolute atomic E-state index is 12.2. The fourth-order valence-electron chi connectivity index (χ4n) is 2.51. The zero-order chi connectivity index (χ0) is 17.0. The van der Waals surface area contributed by atoms with Crippen LogP contribution in [0.1, 0.15) is 38.4 Å². The predicted molar refractivity (Wildman–Crippen MR) is 88.3 cm³/mol. The number of nitriles is 1. The number of hydrogen-bond acceptors (Lipinski definition) is 5. The van der Waals surface area contributed by atoms with E-state index in [0.29, 0.717) is 31.0 Å². The molecule has 0 atom stereocenters. The molecule has 1 amide bonds. The van der Waals surface area contributed by atoms with Crippen LogP contribution in [0.25, 0.3) is 0 Å². The SMILES string of the molecule is Cc1ccc(C#N)c(N2CCCN(C(=O)OC(C)(C)C)CC2)n1. The number of anilines is 1. The van der Waals surface area contributed by atoms with Crippen LogP contribution in [0.3, 0.4) is 0 Å². The predicted octanol–water partition coefficient (Wildman–Crippen LogP) is 2.71. The van der Waals surface area contributed by atoms with Crippen molar-refractivity contribution in [1.29, 1.82) is 5.26 Å². The lowest BCUT2D eigenvalue weighted by atomic mass is 10.2. The van der Waals surface area contributed by atoms with Gasteiger partial charge in [0.1, 0.15) is 17.5 Å². The summed E-state index contributed by atoms with van der Waals surface area (Å²) in [5.41, 5.74) is 0.961. The van der Waals surface area contributed by atoms with Crippen molar-refractivity contribution in [3.05, 3.63) is 23.4 Å². The number of aryl methyl sites for hydroxylation is 1. The highest BCUT2D eigenvalue weighted by Gasteiger charge is 2.25. The van der Waals surface area contributed by atoms with E-state index in [9.17, 15) is 10.1 Å². The first-order valence-electron chi connectivity index (χ1n) is 7.91. The summed E-state index contributed by atoms with van der Waals surface area (Å²) < 4.78 is 5.44. The van der Waals surface area contributed by atoms with Crippen molar-refractivity contribution < 1.29 is 9.53 Å². The molecule has 23 heavy (non-hydrogen) atoms. The van der Waals surface area contributed by atoms with Crippen LogP contribution in [0.15, 0.2) is 12.1 Å². The van der Waals surface area contributed by atoms with Gasteiger partial charge in [-0.3, -0.25) is 0 Å². The van der Waals surface area contributed by atoms with E-state index in [2.05, 4.69) is 16.0 Å². The molecule has 0 N–H and O–H groups in total. The number of hydrogen-bond donors (Lipinski definition) is 0. The van der Waals surface area contributed by atoms with E-state index in [-0.39, 0.29) is 6.09 Å². The second kappa shape index (κ2) is 6.86. The Labute approximate surface area is 137 Å². The molecule has 0 bridgehead atoms. The molecule has 1 aromatic heterocycles. The van der Waals surface area contributed by atoms with E-state index in [0.717, 1.165) is 18.7 Å². The van der Waals surface area contributed by atoms with E-state index < -0.39 is 5.60 Å². The highest BCUT2D eigenvalue weighted by molar-refractivity contribution is 5.68. The monoisotopic (exact) mass is 316 g/mol. The molecule has 0 saturated carbocycles. The van der Waals surface area contributed by atoms with Crippen LogP contribution in [0.4, 0.5) is 10.6 Å². The Balaban J connectivity index is 2.09. The lowest BCUT2D eigenvalue weighted by molar-refractivity contribution is 0.0263. The van der Waals surface area contributed by atoms with Gasteiger partial charge < -0.3 is 14.5 Å². The molecule has 0 aliphatic carbocycles. The molecule has 124 valence electrons. The van der Waals surface area contributed by atoms with Crippen LogP contribution in [0.2, 0.25) is 0 Å². The third-order valence-electron chi connectivity index (χ3n) is 3.58. The molecule has 2 heterocycles. The molecule has 0 aromatic carbocycles. The Hall–Kier alpha value is -2.29. The van der Waals surface area contributed by atoms with Gasteiger partial charge in [-0.1, -0.05) is 0 Å². The van der Waals surface area contributed by atoms with Gasteiger partial charge in [0.15, 0.2) is 0 Å². The first kappa shape index (κ1) is 17.1. The number of amides is 1. The quantitative estimate of drug-likeness (QED) is 0.797. The van der Waals surface area contributed by atoms with Gasteiger partial charge in [0.05, 0.1) is 5.56 Å². The van der Waals surface area contributed by atoms with Gasteiger partial charge in [0.2, 0.25) is 0 Å². The van der Waals surface area contributed by atoms with Gasteiger partial charge in [-0.25, -0.2) is 9.78 Å². The second-order valence-corrected chi connectivity index (χ2v) is 6.74. The number of nitrogens with zero attached hydrogens (tertiary/aromatic N) is 4. The summed E-state index contributed by atoms with van der Waals surface area (Å²) in [6.07, 6.45) is 0.539. The lowest BCUT2D eigenvalue weighted by Gasteiger charge is -2.26. The summed E-state index contributed by atoms with van der Waals surface area (Å²) in [6.45, 7) is 10.1. The van der Waals surface area contributed by atoms with Crippen molar-refractivity contribution in [1.82, 2.24) is 9.88 Å². The Morgan fingerprint density at radius 1 is 1.26 bits per heavy atom. The van der Waals surface area contributed by atoms with E-state index >= 15 is 0 Å². The molecule has 0 spiro atoms. The molecular formula is C17H24N4O2. The molecule has 0 radical (unpaired) electrons. The molecule has 1 aliphatic rings. The molecule has 1 fully saturated rings. The standard InChI is InChI=1S/C17H24N4O2/c1-13-6-7-14(12-18)15(19-13)20-8-5-9-21(11-10-20)16(22)23-17(2,3)4/h6-7H,5,8-11H2,1-4H3. The minimum atomic E-state index is -0.491. The van der Waals surface area contributed by atoms with Gasteiger partial charge in [0.25, 0.3) is 0 Å². The first-order chi connectivity index (χ1) is 10.8. The van der Waals surface area contributed by atoms with Gasteiger partial charge in [0, 0.05) is 31.9 Å². The average molecular weight is 316 g/mol. The molecule has 2 rings (SSSR count). The van der Waals surface area contributed by atoms with E-state index in [4.69, 9.17) is 4.74 Å². The number of pyridine rings is 1. The topological polar surface area (TPSA) is 69.5 Å². The average Bonchev–Trinajstić information content (AvgIpc) is 2.71. The highest BCUT2D eigenvalue weighted by Crippen LogP contribution is 2.20. The Morgan fingerprint density at radius 3 is 2.65 bits per heavy atom. The van der Waals surface area contributed by atoms with Crippen molar-refractivity contribution in [2.45, 2.75) is 39.7 Å². The maximum Gasteiger partial charge on any atom is 0.410 e. The number of ether oxygens (including phenoxy) is 1. The second-order valence-electron chi connectivity index (χ2n) is 6.74. The van der Waals surface area contributed by atoms with Crippen LogP contribution in [-0.4, -0.2) is 47.8 Å². The summed E-state index contributed by atoms with van der Waals surface area (Å²) in [4.78, 5) is 20.5. The van der Waals surface area contributed by atoms with E-state index in [1.807, 2.05) is 33.8 Å². The Morgan fingerprint density at radius 2 is 2.00 bits per heavy atom. The zero-order valence-corrected chi connectivity index (χ0v) is 14.3. The highest BCUT2D eigenvalue weighted by atomic mass is 16.6. The fourth-order valence-corrected chi connectivity index (χ4v) is 2.51. The summed E-state index contributed by atoms with van der Waals surface area (Å²) in [6, 6.07) is 5.84. The number of rotatable bonds is 1. The van der Waals surface area contributed by atoms with Gasteiger partial charge in [-0.15, -0.1) is 0 Å². The lowest BCUT2D eigenvalue weighted by Crippen LogP contribution is -2.39. The van der Waals surface area contributed by atoms with Crippen LogP contribution >= 0.6 is 0 Å². The van der Waals surface area contributed by atoms with Crippen molar-refractivity contribution in [3.63, 3.8) is 0 Å². The smallest absolute Gasteiger partial charge is 0.410 e. The number of carbonyl (C=O) groups is 1. The van der Waals surface area contributed by atoms with Crippen molar-refractivity contribution >= 4 is 11.9 Å². The number of carbonyl (C=O) groups excluding carboxylic acids is 1. The van der Waals surface area contributed by atoms with Crippen LogP contribution in [0, 0.1) is 18.3 Å². The normalized spacial score (nSPS) is 15.8. The summed E-state index contributed by atoms with van der Waals surface area (Å²) >= 11 is 0. The van der Waals surface area contributed by atoms with Gasteiger partial charge >= 0.3 is 6.09 Å². The minimum Gasteiger partial charge on any atom is -0.444 e. The molecule has 1 aliphatic heterocycles.